The highest BCUT2D eigenvalue weighted by Crippen LogP contribution is 2.47. The second-order valence-electron chi connectivity index (χ2n) is 16.1. The second-order valence-corrected chi connectivity index (χ2v) is 17.5. The summed E-state index contributed by atoms with van der Waals surface area (Å²) in [6.07, 6.45) is 30.4. The molecular formula is C51H79O16P. The van der Waals surface area contributed by atoms with Crippen molar-refractivity contribution in [3.8, 4) is 0 Å². The predicted molar refractivity (Wildman–Crippen MR) is 262 cm³/mol. The fourth-order valence-electron chi connectivity index (χ4n) is 6.20. The standard InChI is InChI=1S/C51H79O16P/c1-3-5-7-8-9-10-11-12-13-14-15-16-17-18-19-20-21-26-30-36-45(56)66-41(39-65-68(62,63)67-51-49(60)47(58)46(57)48(59)50(51)61)38-64-44(55)37-31-35-43(54)42(53)34-29-25-23-22-24-28-33-40(52)32-27-6-4-2/h6,9-10,12-13,15-16,18-19,21-29,33-34,40-43,46-54,57-61H,3-5,7-8,11,14,17,20,30-32,35-39H2,1-2H3,(H,62,63)/b10-9-,13-12-,16-15-,19-18-,24-22+,25-23-,26-21-,27-6-,33-28+,34-29-/t40-,41-,42+,43+,46?,47-,48+,49-,50-,51?/m1/s1. The van der Waals surface area contributed by atoms with E-state index >= 15 is 0 Å². The van der Waals surface area contributed by atoms with Gasteiger partial charge in [-0.2, -0.15) is 0 Å². The molecule has 3 unspecified atom stereocenters. The number of hydrogen-bond donors (Lipinski definition) is 9. The highest BCUT2D eigenvalue weighted by molar-refractivity contribution is 7.47. The molecule has 1 rings (SSSR count). The molecule has 9 N–H and O–H groups in total. The summed E-state index contributed by atoms with van der Waals surface area (Å²) in [5, 5.41) is 80.7. The number of unbranched alkanes of at least 4 members (excludes halogenated alkanes) is 3. The van der Waals surface area contributed by atoms with Crippen molar-refractivity contribution in [1.82, 2.24) is 0 Å². The van der Waals surface area contributed by atoms with Gasteiger partial charge in [-0.3, -0.25) is 18.6 Å². The number of phosphoric ester groups is 1. The molecule has 0 aliphatic heterocycles. The van der Waals surface area contributed by atoms with E-state index in [2.05, 4.69) is 43.4 Å². The summed E-state index contributed by atoms with van der Waals surface area (Å²) in [4.78, 5) is 35.8. The van der Waals surface area contributed by atoms with Gasteiger partial charge < -0.3 is 55.2 Å². The van der Waals surface area contributed by atoms with E-state index < -0.39 is 94.0 Å². The summed E-state index contributed by atoms with van der Waals surface area (Å²) in [5.41, 5.74) is 0. The predicted octanol–water partition coefficient (Wildman–Crippen LogP) is 6.30. The molecule has 1 fully saturated rings. The van der Waals surface area contributed by atoms with Gasteiger partial charge >= 0.3 is 19.8 Å². The number of allylic oxidation sites excluding steroid dienone is 17. The van der Waals surface area contributed by atoms with Crippen LogP contribution in [0.3, 0.4) is 0 Å². The topological polar surface area (TPSA) is 270 Å². The van der Waals surface area contributed by atoms with Crippen LogP contribution in [0.15, 0.2) is 122 Å². The number of hydrogen-bond acceptors (Lipinski definition) is 15. The molecule has 0 aromatic carbocycles. The molecule has 0 spiro atoms. The van der Waals surface area contributed by atoms with E-state index in [1.807, 2.05) is 37.3 Å². The number of rotatable bonds is 36. The zero-order valence-electron chi connectivity index (χ0n) is 39.7. The number of carbonyl (C=O) groups is 2. The largest absolute Gasteiger partial charge is 0.472 e. The van der Waals surface area contributed by atoms with Gasteiger partial charge in [-0.05, 0) is 70.6 Å². The Labute approximate surface area is 403 Å². The van der Waals surface area contributed by atoms with Crippen LogP contribution in [0.5, 0.6) is 0 Å². The Morgan fingerprint density at radius 2 is 1.12 bits per heavy atom. The van der Waals surface area contributed by atoms with E-state index in [1.165, 1.54) is 25.3 Å². The quantitative estimate of drug-likeness (QED) is 0.0110. The van der Waals surface area contributed by atoms with Crippen molar-refractivity contribution in [3.05, 3.63) is 122 Å². The number of aliphatic hydroxyl groups is 8. The molecule has 1 aliphatic rings. The van der Waals surface area contributed by atoms with Crippen molar-refractivity contribution in [2.75, 3.05) is 13.2 Å². The number of carbonyl (C=O) groups excluding carboxylic acids is 2. The van der Waals surface area contributed by atoms with Crippen LogP contribution >= 0.6 is 7.82 Å². The van der Waals surface area contributed by atoms with Crippen LogP contribution in [0.2, 0.25) is 0 Å². The molecule has 0 bridgehead atoms. The lowest BCUT2D eigenvalue weighted by molar-refractivity contribution is -0.220. The van der Waals surface area contributed by atoms with Crippen LogP contribution in [0, 0.1) is 0 Å². The zero-order chi connectivity index (χ0) is 50.4. The van der Waals surface area contributed by atoms with Crippen molar-refractivity contribution < 1.29 is 78.4 Å². The van der Waals surface area contributed by atoms with Gasteiger partial charge in [0, 0.05) is 12.8 Å². The van der Waals surface area contributed by atoms with E-state index in [0.29, 0.717) is 12.8 Å². The highest BCUT2D eigenvalue weighted by Gasteiger charge is 2.51. The monoisotopic (exact) mass is 979 g/mol. The summed E-state index contributed by atoms with van der Waals surface area (Å²) < 4.78 is 33.2. The van der Waals surface area contributed by atoms with Crippen molar-refractivity contribution in [2.45, 2.75) is 171 Å². The lowest BCUT2D eigenvalue weighted by Gasteiger charge is -2.41. The Balaban J connectivity index is 2.66. The van der Waals surface area contributed by atoms with Gasteiger partial charge in [0.05, 0.1) is 24.9 Å². The van der Waals surface area contributed by atoms with Crippen LogP contribution in [0.25, 0.3) is 0 Å². The van der Waals surface area contributed by atoms with Gasteiger partial charge in [0.25, 0.3) is 0 Å². The Morgan fingerprint density at radius 1 is 0.588 bits per heavy atom. The fourth-order valence-corrected chi connectivity index (χ4v) is 7.17. The van der Waals surface area contributed by atoms with Crippen molar-refractivity contribution >= 4 is 19.8 Å². The number of phosphoric acid groups is 1. The molecule has 384 valence electrons. The minimum atomic E-state index is -5.23. The molecule has 11 atom stereocenters. The third-order valence-corrected chi connectivity index (χ3v) is 11.1. The first-order chi connectivity index (χ1) is 32.6. The van der Waals surface area contributed by atoms with Crippen molar-refractivity contribution in [2.24, 2.45) is 0 Å². The summed E-state index contributed by atoms with van der Waals surface area (Å²) >= 11 is 0. The average molecular weight is 979 g/mol. The van der Waals surface area contributed by atoms with Crippen molar-refractivity contribution in [1.29, 1.82) is 0 Å². The highest BCUT2D eigenvalue weighted by atomic mass is 31.2. The lowest BCUT2D eigenvalue weighted by Crippen LogP contribution is -2.64. The molecule has 0 radical (unpaired) electrons. The molecule has 0 aromatic heterocycles. The Kier molecular flexibility index (Phi) is 35.6. The minimum Gasteiger partial charge on any atom is -0.462 e. The Hall–Kier alpha value is -3.87. The zero-order valence-corrected chi connectivity index (χ0v) is 40.6. The molecular weight excluding hydrogens is 900 g/mol. The van der Waals surface area contributed by atoms with Crippen LogP contribution in [0.1, 0.15) is 110 Å². The van der Waals surface area contributed by atoms with E-state index in [9.17, 15) is 59.9 Å². The maximum absolute atomic E-state index is 12.8. The third-order valence-electron chi connectivity index (χ3n) is 10.1. The first kappa shape index (κ1) is 62.1. The molecule has 0 heterocycles. The Bertz CT molecular complexity index is 1700. The normalized spacial score (nSPS) is 23.5. The molecule has 68 heavy (non-hydrogen) atoms. The van der Waals surface area contributed by atoms with E-state index in [-0.39, 0.29) is 32.1 Å². The number of esters is 2. The maximum Gasteiger partial charge on any atom is 0.472 e. The van der Waals surface area contributed by atoms with E-state index in [4.69, 9.17) is 18.5 Å². The minimum absolute atomic E-state index is 0.0204. The van der Waals surface area contributed by atoms with Gasteiger partial charge in [0.2, 0.25) is 0 Å². The molecule has 0 amide bonds. The average Bonchev–Trinajstić information content (AvgIpc) is 3.31. The first-order valence-corrected chi connectivity index (χ1v) is 25.2. The molecule has 17 heteroatoms. The van der Waals surface area contributed by atoms with Crippen LogP contribution in [0.4, 0.5) is 0 Å². The molecule has 0 aromatic rings. The summed E-state index contributed by atoms with van der Waals surface area (Å²) in [6, 6.07) is 0. The fraction of sp³-hybridized carbons (Fsp3) is 0.569. The van der Waals surface area contributed by atoms with Gasteiger partial charge in [0.15, 0.2) is 6.10 Å². The lowest BCUT2D eigenvalue weighted by atomic mass is 9.85. The van der Waals surface area contributed by atoms with Crippen LogP contribution in [-0.2, 0) is 32.7 Å². The smallest absolute Gasteiger partial charge is 0.462 e. The SMILES string of the molecule is CC/C=C\C[C@@H](O)/C=C/C=C/C=C\C=C/[C@H](O)[C@@H](O)CCCC(=O)OC[C@H](COP(=O)(O)OC1[C@H](O)[C@H](O)C(O)[C@H](O)[C@H]1O)OC(=O)CC/C=C\C/C=C\C/C=C\C/C=C\C/C=C\CCCCC. The maximum atomic E-state index is 12.8. The van der Waals surface area contributed by atoms with Crippen LogP contribution in [-0.4, -0.2) is 132 Å². The third kappa shape index (κ3) is 30.6. The molecule has 1 saturated carbocycles. The molecule has 1 aliphatic carbocycles. The summed E-state index contributed by atoms with van der Waals surface area (Å²) in [7, 11) is -5.23. The summed E-state index contributed by atoms with van der Waals surface area (Å²) in [5.74, 6) is -1.54. The number of aliphatic hydroxyl groups excluding tert-OH is 8. The van der Waals surface area contributed by atoms with E-state index in [0.717, 1.165) is 32.1 Å². The van der Waals surface area contributed by atoms with Gasteiger partial charge in [0.1, 0.15) is 43.2 Å². The first-order valence-electron chi connectivity index (χ1n) is 23.7. The van der Waals surface area contributed by atoms with Gasteiger partial charge in [-0.25, -0.2) is 4.57 Å². The summed E-state index contributed by atoms with van der Waals surface area (Å²) in [6.45, 7) is 2.71. The second kappa shape index (κ2) is 38.9. The van der Waals surface area contributed by atoms with Gasteiger partial charge in [-0.15, -0.1) is 0 Å². The Morgan fingerprint density at radius 3 is 1.69 bits per heavy atom. The molecule has 16 nitrogen and oxygen atoms in total. The van der Waals surface area contributed by atoms with Gasteiger partial charge in [-0.1, -0.05) is 148 Å². The van der Waals surface area contributed by atoms with Crippen LogP contribution < -0.4 is 0 Å². The van der Waals surface area contributed by atoms with E-state index in [1.54, 1.807) is 48.6 Å². The number of ether oxygens (including phenoxy) is 2. The molecule has 0 saturated heterocycles. The van der Waals surface area contributed by atoms with Crippen molar-refractivity contribution in [3.63, 3.8) is 0 Å².